The fraction of sp³-hybridized carbons (Fsp3) is 0.321. The van der Waals surface area contributed by atoms with Gasteiger partial charge < -0.3 is 14.8 Å². The number of sulfonamides is 1. The Morgan fingerprint density at radius 1 is 1.03 bits per heavy atom. The van der Waals surface area contributed by atoms with Crippen molar-refractivity contribution in [3.63, 3.8) is 0 Å². The summed E-state index contributed by atoms with van der Waals surface area (Å²) in [6.07, 6.45) is 1.54. The lowest BCUT2D eigenvalue weighted by Crippen LogP contribution is -2.43. The van der Waals surface area contributed by atoms with Gasteiger partial charge >= 0.3 is 0 Å². The second-order valence-electron chi connectivity index (χ2n) is 8.59. The molecule has 7 nitrogen and oxygen atoms in total. The van der Waals surface area contributed by atoms with Crippen molar-refractivity contribution >= 4 is 21.6 Å². The number of anilines is 1. The highest BCUT2D eigenvalue weighted by Crippen LogP contribution is 2.31. The Morgan fingerprint density at radius 2 is 1.72 bits per heavy atom. The molecule has 0 aliphatic carbocycles. The van der Waals surface area contributed by atoms with Crippen LogP contribution in [0.4, 0.5) is 5.69 Å². The maximum Gasteiger partial charge on any atom is 0.268 e. The number of rotatable bonds is 12. The molecule has 3 aromatic rings. The van der Waals surface area contributed by atoms with Crippen LogP contribution in [0.25, 0.3) is 0 Å². The summed E-state index contributed by atoms with van der Waals surface area (Å²) in [6.45, 7) is 5.72. The van der Waals surface area contributed by atoms with Gasteiger partial charge in [0.2, 0.25) is 5.91 Å². The Bertz CT molecular complexity index is 1240. The summed E-state index contributed by atoms with van der Waals surface area (Å²) < 4.78 is 39.6. The van der Waals surface area contributed by atoms with Crippen molar-refractivity contribution < 1.29 is 22.7 Å². The Hall–Kier alpha value is -3.52. The number of benzene rings is 3. The van der Waals surface area contributed by atoms with E-state index in [-0.39, 0.29) is 29.1 Å². The van der Waals surface area contributed by atoms with E-state index in [1.54, 1.807) is 49.4 Å². The maximum atomic E-state index is 13.8. The van der Waals surface area contributed by atoms with Gasteiger partial charge in [0.05, 0.1) is 19.4 Å². The summed E-state index contributed by atoms with van der Waals surface area (Å²) in [5.74, 6) is 0.443. The van der Waals surface area contributed by atoms with Gasteiger partial charge in [-0.05, 0) is 81.1 Å². The predicted octanol–water partition coefficient (Wildman–Crippen LogP) is 4.74. The zero-order chi connectivity index (χ0) is 26.1. The largest absolute Gasteiger partial charge is 0.495 e. The standard InChI is InChI=1S/C28H34N2O5S/c1-5-35-25-16-14-24(15-17-25)30(36(32,33)27-19-21(2)11-18-26(27)34-4)20-28(31)29-22(3)12-13-23-9-7-6-8-10-23/h6-11,14-19,22H,5,12-13,20H2,1-4H3,(H,29,31)/t22-/m0/s1. The highest BCUT2D eigenvalue weighted by molar-refractivity contribution is 7.93. The molecule has 8 heteroatoms. The third kappa shape index (κ3) is 7.01. The minimum atomic E-state index is -4.12. The zero-order valence-electron chi connectivity index (χ0n) is 21.2. The molecule has 0 fully saturated rings. The van der Waals surface area contributed by atoms with Gasteiger partial charge in [-0.1, -0.05) is 36.4 Å². The lowest BCUT2D eigenvalue weighted by atomic mass is 10.1. The van der Waals surface area contributed by atoms with Crippen LogP contribution in [-0.4, -0.2) is 40.6 Å². The van der Waals surface area contributed by atoms with Crippen molar-refractivity contribution in [3.05, 3.63) is 83.9 Å². The molecule has 36 heavy (non-hydrogen) atoms. The van der Waals surface area contributed by atoms with Crippen molar-refractivity contribution in [2.24, 2.45) is 0 Å². The van der Waals surface area contributed by atoms with Crippen LogP contribution >= 0.6 is 0 Å². The second kappa shape index (κ2) is 12.4. The first-order valence-electron chi connectivity index (χ1n) is 12.0. The molecule has 0 spiro atoms. The van der Waals surface area contributed by atoms with Gasteiger partial charge in [-0.2, -0.15) is 0 Å². The minimum Gasteiger partial charge on any atom is -0.495 e. The van der Waals surface area contributed by atoms with Crippen LogP contribution in [0, 0.1) is 6.92 Å². The summed E-state index contributed by atoms with van der Waals surface area (Å²) in [4.78, 5) is 13.0. The van der Waals surface area contributed by atoms with Crippen molar-refractivity contribution in [2.75, 3.05) is 24.6 Å². The topological polar surface area (TPSA) is 84.9 Å². The first kappa shape index (κ1) is 27.1. The van der Waals surface area contributed by atoms with Crippen molar-refractivity contribution in [3.8, 4) is 11.5 Å². The first-order valence-corrected chi connectivity index (χ1v) is 13.4. The molecule has 192 valence electrons. The van der Waals surface area contributed by atoms with Gasteiger partial charge in [0.1, 0.15) is 22.9 Å². The summed E-state index contributed by atoms with van der Waals surface area (Å²) in [5.41, 5.74) is 2.30. The Morgan fingerprint density at radius 3 is 2.36 bits per heavy atom. The molecule has 3 aromatic carbocycles. The van der Waals surface area contributed by atoms with Crippen LogP contribution in [0.3, 0.4) is 0 Å². The number of amides is 1. The highest BCUT2D eigenvalue weighted by atomic mass is 32.2. The average Bonchev–Trinajstić information content (AvgIpc) is 2.87. The number of nitrogens with zero attached hydrogens (tertiary/aromatic N) is 1. The molecule has 0 aliphatic rings. The molecule has 1 atom stereocenters. The molecule has 0 aromatic heterocycles. The summed E-state index contributed by atoms with van der Waals surface area (Å²) in [7, 11) is -2.70. The van der Waals surface area contributed by atoms with E-state index >= 15 is 0 Å². The molecule has 0 saturated heterocycles. The highest BCUT2D eigenvalue weighted by Gasteiger charge is 2.30. The smallest absolute Gasteiger partial charge is 0.268 e. The average molecular weight is 511 g/mol. The van der Waals surface area contributed by atoms with E-state index in [1.165, 1.54) is 12.7 Å². The predicted molar refractivity (Wildman–Crippen MR) is 142 cm³/mol. The molecule has 0 aliphatic heterocycles. The lowest BCUT2D eigenvalue weighted by molar-refractivity contribution is -0.120. The van der Waals surface area contributed by atoms with Crippen LogP contribution in [0.15, 0.2) is 77.7 Å². The zero-order valence-corrected chi connectivity index (χ0v) is 22.0. The molecule has 0 saturated carbocycles. The number of carbonyl (C=O) groups excluding carboxylic acids is 1. The Labute approximate surface area is 214 Å². The van der Waals surface area contributed by atoms with Crippen LogP contribution in [0.1, 0.15) is 31.4 Å². The van der Waals surface area contributed by atoms with Crippen LogP contribution in [0.2, 0.25) is 0 Å². The normalized spacial score (nSPS) is 12.0. The van der Waals surface area contributed by atoms with Gasteiger partial charge in [-0.25, -0.2) is 8.42 Å². The van der Waals surface area contributed by atoms with Gasteiger partial charge in [0, 0.05) is 6.04 Å². The molecule has 0 unspecified atom stereocenters. The third-order valence-electron chi connectivity index (χ3n) is 5.73. The van der Waals surface area contributed by atoms with Crippen molar-refractivity contribution in [2.45, 2.75) is 44.6 Å². The third-order valence-corrected chi connectivity index (χ3v) is 7.52. The molecule has 1 amide bonds. The fourth-order valence-electron chi connectivity index (χ4n) is 3.85. The quantitative estimate of drug-likeness (QED) is 0.381. The fourth-order valence-corrected chi connectivity index (χ4v) is 5.51. The molecular formula is C28H34N2O5S. The number of carbonyl (C=O) groups is 1. The minimum absolute atomic E-state index is 0.00353. The SMILES string of the molecule is CCOc1ccc(N(CC(=O)N[C@@H](C)CCc2ccccc2)S(=O)(=O)c2cc(C)ccc2OC)cc1. The van der Waals surface area contributed by atoms with E-state index in [0.29, 0.717) is 18.0 Å². The second-order valence-corrected chi connectivity index (χ2v) is 10.4. The van der Waals surface area contributed by atoms with Crippen LogP contribution in [-0.2, 0) is 21.2 Å². The summed E-state index contributed by atoms with van der Waals surface area (Å²) in [5, 5.41) is 2.94. The molecule has 0 radical (unpaired) electrons. The van der Waals surface area contributed by atoms with Crippen molar-refractivity contribution in [1.82, 2.24) is 5.32 Å². The van der Waals surface area contributed by atoms with Gasteiger partial charge in [-0.3, -0.25) is 9.10 Å². The molecule has 0 bridgehead atoms. The van der Waals surface area contributed by atoms with E-state index in [9.17, 15) is 13.2 Å². The molecular weight excluding hydrogens is 476 g/mol. The first-order chi connectivity index (χ1) is 17.2. The number of aryl methyl sites for hydroxylation is 2. The summed E-state index contributed by atoms with van der Waals surface area (Å²) >= 11 is 0. The number of nitrogens with one attached hydrogen (secondary N) is 1. The van der Waals surface area contributed by atoms with E-state index in [0.717, 1.165) is 22.7 Å². The maximum absolute atomic E-state index is 13.8. The lowest BCUT2D eigenvalue weighted by Gasteiger charge is -2.26. The number of ether oxygens (including phenoxy) is 2. The van der Waals surface area contributed by atoms with Crippen LogP contribution < -0.4 is 19.1 Å². The molecule has 3 rings (SSSR count). The van der Waals surface area contributed by atoms with Crippen molar-refractivity contribution in [1.29, 1.82) is 0 Å². The van der Waals surface area contributed by atoms with E-state index < -0.39 is 10.0 Å². The molecule has 1 N–H and O–H groups in total. The molecule has 0 heterocycles. The Kier molecular flexibility index (Phi) is 9.36. The Balaban J connectivity index is 1.85. The van der Waals surface area contributed by atoms with Gasteiger partial charge in [0.25, 0.3) is 10.0 Å². The van der Waals surface area contributed by atoms with Gasteiger partial charge in [-0.15, -0.1) is 0 Å². The van der Waals surface area contributed by atoms with Crippen LogP contribution in [0.5, 0.6) is 11.5 Å². The summed E-state index contributed by atoms with van der Waals surface area (Å²) in [6, 6.07) is 21.5. The van der Waals surface area contributed by atoms with E-state index in [1.807, 2.05) is 44.2 Å². The van der Waals surface area contributed by atoms with E-state index in [2.05, 4.69) is 5.32 Å². The number of methoxy groups -OCH3 is 1. The van der Waals surface area contributed by atoms with E-state index in [4.69, 9.17) is 9.47 Å². The number of hydrogen-bond donors (Lipinski definition) is 1. The van der Waals surface area contributed by atoms with Gasteiger partial charge in [0.15, 0.2) is 0 Å². The monoisotopic (exact) mass is 510 g/mol. The number of hydrogen-bond acceptors (Lipinski definition) is 5.